The van der Waals surface area contributed by atoms with Crippen LogP contribution >= 0.6 is 0 Å². The molecule has 2 saturated carbocycles. The van der Waals surface area contributed by atoms with Crippen LogP contribution in [0.25, 0.3) is 0 Å². The Morgan fingerprint density at radius 3 is 2.64 bits per heavy atom. The first-order valence-corrected chi connectivity index (χ1v) is 5.01. The van der Waals surface area contributed by atoms with Gasteiger partial charge in [-0.3, -0.25) is 0 Å². The van der Waals surface area contributed by atoms with E-state index in [9.17, 15) is 0 Å². The molecule has 0 spiro atoms. The minimum absolute atomic E-state index is 0.397. The molecule has 3 atom stereocenters. The summed E-state index contributed by atoms with van der Waals surface area (Å²) in [5.41, 5.74) is 0. The second kappa shape index (κ2) is 3.14. The summed E-state index contributed by atoms with van der Waals surface area (Å²) in [6.07, 6.45) is 8.30. The van der Waals surface area contributed by atoms with Crippen molar-refractivity contribution in [3.63, 3.8) is 0 Å². The highest BCUT2D eigenvalue weighted by molar-refractivity contribution is 4.89. The first-order chi connectivity index (χ1) is 5.40. The lowest BCUT2D eigenvalue weighted by Crippen LogP contribution is -2.10. The van der Waals surface area contributed by atoms with Crippen LogP contribution in [0.5, 0.6) is 0 Å². The van der Waals surface area contributed by atoms with Gasteiger partial charge in [-0.1, -0.05) is 6.42 Å². The first kappa shape index (κ1) is 7.60. The van der Waals surface area contributed by atoms with Crippen LogP contribution in [0.15, 0.2) is 0 Å². The zero-order valence-electron chi connectivity index (χ0n) is 7.13. The van der Waals surface area contributed by atoms with Crippen molar-refractivity contribution in [3.8, 4) is 0 Å². The molecule has 0 aromatic heterocycles. The lowest BCUT2D eigenvalue weighted by molar-refractivity contribution is 0.245. The lowest BCUT2D eigenvalue weighted by atomic mass is 9.86. The van der Waals surface area contributed by atoms with E-state index in [4.69, 9.17) is 5.11 Å². The van der Waals surface area contributed by atoms with E-state index in [2.05, 4.69) is 0 Å². The first-order valence-electron chi connectivity index (χ1n) is 5.01. The molecule has 3 unspecified atom stereocenters. The topological polar surface area (TPSA) is 20.2 Å². The fourth-order valence-corrected chi connectivity index (χ4v) is 3.08. The van der Waals surface area contributed by atoms with Crippen molar-refractivity contribution in [2.24, 2.45) is 17.8 Å². The van der Waals surface area contributed by atoms with E-state index >= 15 is 0 Å². The van der Waals surface area contributed by atoms with Crippen molar-refractivity contribution in [2.45, 2.75) is 38.5 Å². The van der Waals surface area contributed by atoms with Gasteiger partial charge in [0.2, 0.25) is 0 Å². The van der Waals surface area contributed by atoms with Crippen LogP contribution in [-0.4, -0.2) is 11.7 Å². The molecule has 11 heavy (non-hydrogen) atoms. The Kier molecular flexibility index (Phi) is 2.17. The Morgan fingerprint density at radius 1 is 1.18 bits per heavy atom. The van der Waals surface area contributed by atoms with Crippen LogP contribution in [0.1, 0.15) is 38.5 Å². The molecule has 2 rings (SSSR count). The molecule has 2 aliphatic rings. The van der Waals surface area contributed by atoms with Gasteiger partial charge in [0.25, 0.3) is 0 Å². The van der Waals surface area contributed by atoms with Gasteiger partial charge in [-0.25, -0.2) is 0 Å². The van der Waals surface area contributed by atoms with Gasteiger partial charge in [-0.05, 0) is 49.9 Å². The summed E-state index contributed by atoms with van der Waals surface area (Å²) in [6, 6.07) is 0. The zero-order valence-corrected chi connectivity index (χ0v) is 7.13. The summed E-state index contributed by atoms with van der Waals surface area (Å²) < 4.78 is 0. The Hall–Kier alpha value is -0.0400. The Morgan fingerprint density at radius 2 is 2.09 bits per heavy atom. The van der Waals surface area contributed by atoms with Crippen LogP contribution in [0.2, 0.25) is 0 Å². The monoisotopic (exact) mass is 154 g/mol. The fraction of sp³-hybridized carbons (Fsp3) is 1.00. The lowest BCUT2D eigenvalue weighted by Gasteiger charge is -2.20. The zero-order chi connectivity index (χ0) is 7.68. The van der Waals surface area contributed by atoms with E-state index in [1.807, 2.05) is 0 Å². The van der Waals surface area contributed by atoms with Crippen LogP contribution in [0.3, 0.4) is 0 Å². The van der Waals surface area contributed by atoms with E-state index in [1.54, 1.807) is 0 Å². The summed E-state index contributed by atoms with van der Waals surface area (Å²) in [4.78, 5) is 0. The number of aliphatic hydroxyl groups excluding tert-OH is 1. The third-order valence-corrected chi connectivity index (χ3v) is 3.62. The molecule has 0 saturated heterocycles. The minimum atomic E-state index is 0.397. The van der Waals surface area contributed by atoms with Gasteiger partial charge < -0.3 is 5.11 Å². The summed E-state index contributed by atoms with van der Waals surface area (Å²) in [6.45, 7) is 0.397. The van der Waals surface area contributed by atoms with Gasteiger partial charge in [0.15, 0.2) is 0 Å². The minimum Gasteiger partial charge on any atom is -0.396 e. The average Bonchev–Trinajstić information content (AvgIpc) is 2.60. The van der Waals surface area contributed by atoms with Gasteiger partial charge in [-0.2, -0.15) is 0 Å². The molecule has 0 aliphatic heterocycles. The number of fused-ring (bicyclic) bond motifs is 2. The maximum absolute atomic E-state index is 8.70. The predicted octanol–water partition coefficient (Wildman–Crippen LogP) is 2.20. The van der Waals surface area contributed by atoms with Crippen LogP contribution in [-0.2, 0) is 0 Å². The van der Waals surface area contributed by atoms with Crippen molar-refractivity contribution >= 4 is 0 Å². The second-order valence-electron chi connectivity index (χ2n) is 4.30. The fourth-order valence-electron chi connectivity index (χ4n) is 3.08. The number of hydrogen-bond acceptors (Lipinski definition) is 1. The molecule has 1 heteroatoms. The van der Waals surface area contributed by atoms with Gasteiger partial charge in [0.1, 0.15) is 0 Å². The summed E-state index contributed by atoms with van der Waals surface area (Å²) >= 11 is 0. The van der Waals surface area contributed by atoms with Crippen molar-refractivity contribution in [1.29, 1.82) is 0 Å². The smallest absolute Gasteiger partial charge is 0.0431 e. The molecule has 2 fully saturated rings. The van der Waals surface area contributed by atoms with Gasteiger partial charge in [0, 0.05) is 6.61 Å². The highest BCUT2D eigenvalue weighted by Crippen LogP contribution is 2.49. The van der Waals surface area contributed by atoms with E-state index < -0.39 is 0 Å². The van der Waals surface area contributed by atoms with Gasteiger partial charge in [0.05, 0.1) is 0 Å². The van der Waals surface area contributed by atoms with Gasteiger partial charge in [-0.15, -0.1) is 0 Å². The molecular formula is C10H18O. The molecule has 64 valence electrons. The number of hydrogen-bond donors (Lipinski definition) is 1. The van der Waals surface area contributed by atoms with Crippen molar-refractivity contribution in [3.05, 3.63) is 0 Å². The molecule has 0 aromatic carbocycles. The van der Waals surface area contributed by atoms with E-state index in [-0.39, 0.29) is 0 Å². The van der Waals surface area contributed by atoms with Crippen molar-refractivity contribution < 1.29 is 5.11 Å². The molecule has 0 heterocycles. The third kappa shape index (κ3) is 1.44. The van der Waals surface area contributed by atoms with Crippen molar-refractivity contribution in [2.75, 3.05) is 6.61 Å². The SMILES string of the molecule is OCCCC1CC2CCC1C2. The van der Waals surface area contributed by atoms with Crippen LogP contribution in [0, 0.1) is 17.8 Å². The molecule has 1 nitrogen and oxygen atoms in total. The molecule has 0 amide bonds. The standard InChI is InChI=1S/C10H18O/c11-5-1-2-9-6-8-3-4-10(9)7-8/h8-11H,1-7H2. The van der Waals surface area contributed by atoms with Crippen molar-refractivity contribution in [1.82, 2.24) is 0 Å². The average molecular weight is 154 g/mol. The predicted molar refractivity (Wildman–Crippen MR) is 45.3 cm³/mol. The molecule has 0 radical (unpaired) electrons. The van der Waals surface area contributed by atoms with E-state index in [0.717, 1.165) is 24.2 Å². The maximum atomic E-state index is 8.70. The van der Waals surface area contributed by atoms with Crippen LogP contribution in [0.4, 0.5) is 0 Å². The second-order valence-corrected chi connectivity index (χ2v) is 4.30. The third-order valence-electron chi connectivity index (χ3n) is 3.62. The highest BCUT2D eigenvalue weighted by atomic mass is 16.2. The Labute approximate surface area is 68.8 Å². The largest absolute Gasteiger partial charge is 0.396 e. The molecular weight excluding hydrogens is 136 g/mol. The molecule has 1 N–H and O–H groups in total. The summed E-state index contributed by atoms with van der Waals surface area (Å²) in [5, 5.41) is 8.70. The van der Waals surface area contributed by atoms with E-state index in [0.29, 0.717) is 6.61 Å². The Bertz CT molecular complexity index is 133. The summed E-state index contributed by atoms with van der Waals surface area (Å²) in [5.74, 6) is 3.11. The van der Waals surface area contributed by atoms with Crippen LogP contribution < -0.4 is 0 Å². The molecule has 2 bridgehead atoms. The van der Waals surface area contributed by atoms with E-state index in [1.165, 1.54) is 32.1 Å². The number of aliphatic hydroxyl groups is 1. The quantitative estimate of drug-likeness (QED) is 0.660. The normalized spacial score (nSPS) is 41.7. The highest BCUT2D eigenvalue weighted by Gasteiger charge is 2.38. The molecule has 0 aromatic rings. The molecule has 2 aliphatic carbocycles. The van der Waals surface area contributed by atoms with Gasteiger partial charge >= 0.3 is 0 Å². The Balaban J connectivity index is 1.78. The summed E-state index contributed by atoms with van der Waals surface area (Å²) in [7, 11) is 0. The maximum Gasteiger partial charge on any atom is 0.0431 e. The number of rotatable bonds is 3.